The van der Waals surface area contributed by atoms with Gasteiger partial charge in [0, 0.05) is 12.8 Å². The Balaban J connectivity index is 2.58. The zero-order chi connectivity index (χ0) is 13.5. The molecule has 0 fully saturated rings. The van der Waals surface area contributed by atoms with Crippen LogP contribution in [0.3, 0.4) is 0 Å². The molecule has 0 aliphatic carbocycles. The van der Waals surface area contributed by atoms with Crippen molar-refractivity contribution in [3.63, 3.8) is 0 Å². The number of methoxy groups -OCH3 is 1. The van der Waals surface area contributed by atoms with Gasteiger partial charge >= 0.3 is 5.97 Å². The van der Waals surface area contributed by atoms with Crippen LogP contribution >= 0.6 is 0 Å². The maximum atomic E-state index is 11.7. The maximum absolute atomic E-state index is 11.7. The Hall–Kier alpha value is -1.55. The highest BCUT2D eigenvalue weighted by molar-refractivity contribution is 5.79. The molecule has 0 spiro atoms. The van der Waals surface area contributed by atoms with Gasteiger partial charge in [0.25, 0.3) is 0 Å². The number of rotatable bonds is 6. The molecule has 0 heterocycles. The molecule has 0 radical (unpaired) electrons. The molecule has 0 bridgehead atoms. The number of ether oxygens (including phenoxy) is 2. The van der Waals surface area contributed by atoms with Crippen LogP contribution in [0.5, 0.6) is 0 Å². The molecule has 100 valence electrons. The number of hydrogen-bond acceptors (Lipinski definition) is 4. The zero-order valence-electron chi connectivity index (χ0n) is 11.4. The van der Waals surface area contributed by atoms with Gasteiger partial charge in [-0.3, -0.25) is 0 Å². The Bertz CT molecular complexity index is 384. The lowest BCUT2D eigenvalue weighted by Gasteiger charge is -2.17. The quantitative estimate of drug-likeness (QED) is 0.622. The summed E-state index contributed by atoms with van der Waals surface area (Å²) >= 11 is 0. The number of carbonyl (C=O) groups excluding carboxylic acids is 1. The highest BCUT2D eigenvalue weighted by atomic mass is 16.6. The maximum Gasteiger partial charge on any atom is 0.328 e. The lowest BCUT2D eigenvalue weighted by molar-refractivity contribution is -0.145. The minimum Gasteiger partial charge on any atom is -0.462 e. The van der Waals surface area contributed by atoms with Crippen molar-refractivity contribution >= 4 is 11.7 Å². The van der Waals surface area contributed by atoms with E-state index in [4.69, 9.17) is 9.47 Å². The van der Waals surface area contributed by atoms with E-state index in [2.05, 4.69) is 5.32 Å². The topological polar surface area (TPSA) is 47.6 Å². The van der Waals surface area contributed by atoms with E-state index in [0.717, 1.165) is 16.8 Å². The highest BCUT2D eigenvalue weighted by Gasteiger charge is 2.15. The standard InChI is InChI=1S/C14H21NO3/c1-10-6-5-7-11(2)13(10)15-12(3)14(16)18-9-8-17-4/h5-7,12,15H,8-9H2,1-4H3/t12-/m1/s1. The highest BCUT2D eigenvalue weighted by Crippen LogP contribution is 2.20. The monoisotopic (exact) mass is 251 g/mol. The van der Waals surface area contributed by atoms with Crippen molar-refractivity contribution in [2.24, 2.45) is 0 Å². The second kappa shape index (κ2) is 7.01. The molecule has 0 aromatic heterocycles. The number of hydrogen-bond donors (Lipinski definition) is 1. The molecule has 0 saturated carbocycles. The molecule has 1 aromatic rings. The van der Waals surface area contributed by atoms with Crippen molar-refractivity contribution < 1.29 is 14.3 Å². The third kappa shape index (κ3) is 4.04. The first kappa shape index (κ1) is 14.5. The van der Waals surface area contributed by atoms with Crippen molar-refractivity contribution in [1.82, 2.24) is 0 Å². The minimum atomic E-state index is -0.373. The molecule has 0 unspecified atom stereocenters. The molecule has 18 heavy (non-hydrogen) atoms. The molecule has 4 nitrogen and oxygen atoms in total. The molecule has 0 saturated heterocycles. The molecular formula is C14H21NO3. The van der Waals surface area contributed by atoms with Gasteiger partial charge in [0.1, 0.15) is 12.6 Å². The predicted octanol–water partition coefficient (Wildman–Crippen LogP) is 2.29. The van der Waals surface area contributed by atoms with Crippen LogP contribution in [-0.4, -0.2) is 32.3 Å². The lowest BCUT2D eigenvalue weighted by Crippen LogP contribution is -2.29. The Morgan fingerprint density at radius 2 is 1.89 bits per heavy atom. The number of aryl methyl sites for hydroxylation is 2. The largest absolute Gasteiger partial charge is 0.462 e. The summed E-state index contributed by atoms with van der Waals surface area (Å²) in [4.78, 5) is 11.7. The van der Waals surface area contributed by atoms with E-state index in [-0.39, 0.29) is 18.6 Å². The summed E-state index contributed by atoms with van der Waals surface area (Å²) in [6.45, 7) is 6.52. The third-order valence-electron chi connectivity index (χ3n) is 2.73. The molecule has 4 heteroatoms. The van der Waals surface area contributed by atoms with E-state index in [1.54, 1.807) is 14.0 Å². The molecule has 1 aromatic carbocycles. The van der Waals surface area contributed by atoms with E-state index >= 15 is 0 Å². The summed E-state index contributed by atoms with van der Waals surface area (Å²) in [5.74, 6) is -0.269. The van der Waals surface area contributed by atoms with Crippen LogP contribution in [-0.2, 0) is 14.3 Å². The van der Waals surface area contributed by atoms with Gasteiger partial charge in [-0.25, -0.2) is 4.79 Å². The van der Waals surface area contributed by atoms with Crippen molar-refractivity contribution in [3.8, 4) is 0 Å². The van der Waals surface area contributed by atoms with E-state index < -0.39 is 0 Å². The molecule has 0 amide bonds. The van der Waals surface area contributed by atoms with Crippen LogP contribution in [0.4, 0.5) is 5.69 Å². The number of benzene rings is 1. The smallest absolute Gasteiger partial charge is 0.328 e. The molecule has 1 N–H and O–H groups in total. The first-order valence-corrected chi connectivity index (χ1v) is 6.04. The Labute approximate surface area is 108 Å². The molecule has 0 aliphatic rings. The average molecular weight is 251 g/mol. The van der Waals surface area contributed by atoms with Gasteiger partial charge in [-0.15, -0.1) is 0 Å². The lowest BCUT2D eigenvalue weighted by atomic mass is 10.1. The predicted molar refractivity (Wildman–Crippen MR) is 71.8 cm³/mol. The summed E-state index contributed by atoms with van der Waals surface area (Å²) in [5, 5.41) is 3.19. The van der Waals surface area contributed by atoms with Crippen molar-refractivity contribution in [3.05, 3.63) is 29.3 Å². The number of nitrogens with one attached hydrogen (secondary N) is 1. The number of esters is 1. The van der Waals surface area contributed by atoms with Crippen molar-refractivity contribution in [1.29, 1.82) is 0 Å². The normalized spacial score (nSPS) is 12.0. The van der Waals surface area contributed by atoms with Crippen molar-refractivity contribution in [2.75, 3.05) is 25.6 Å². The van der Waals surface area contributed by atoms with Crippen molar-refractivity contribution in [2.45, 2.75) is 26.8 Å². The second-order valence-electron chi connectivity index (χ2n) is 4.29. The number of para-hydroxylation sites is 1. The summed E-state index contributed by atoms with van der Waals surface area (Å²) in [7, 11) is 1.58. The van der Waals surface area contributed by atoms with Gasteiger partial charge in [0.15, 0.2) is 0 Å². The van der Waals surface area contributed by atoms with Gasteiger partial charge in [0.05, 0.1) is 6.61 Å². The van der Waals surface area contributed by atoms with Gasteiger partial charge in [-0.05, 0) is 31.9 Å². The summed E-state index contributed by atoms with van der Waals surface area (Å²) < 4.78 is 9.90. The molecular weight excluding hydrogens is 230 g/mol. The van der Waals surface area contributed by atoms with E-state index in [9.17, 15) is 4.79 Å². The third-order valence-corrected chi connectivity index (χ3v) is 2.73. The van der Waals surface area contributed by atoms with Gasteiger partial charge in [-0.1, -0.05) is 18.2 Å². The SMILES string of the molecule is COCCOC(=O)[C@@H](C)Nc1c(C)cccc1C. The second-order valence-corrected chi connectivity index (χ2v) is 4.29. The number of carbonyl (C=O) groups is 1. The van der Waals surface area contributed by atoms with Crippen LogP contribution in [0.2, 0.25) is 0 Å². The Morgan fingerprint density at radius 3 is 2.44 bits per heavy atom. The van der Waals surface area contributed by atoms with Gasteiger partial charge in [-0.2, -0.15) is 0 Å². The van der Waals surface area contributed by atoms with E-state index in [0.29, 0.717) is 6.61 Å². The number of anilines is 1. The van der Waals surface area contributed by atoms with Crippen LogP contribution in [0.1, 0.15) is 18.1 Å². The first-order chi connectivity index (χ1) is 8.56. The van der Waals surface area contributed by atoms with E-state index in [1.807, 2.05) is 32.0 Å². The average Bonchev–Trinajstić information content (AvgIpc) is 2.34. The summed E-state index contributed by atoms with van der Waals surface area (Å²) in [6, 6.07) is 5.65. The van der Waals surface area contributed by atoms with Crippen LogP contribution in [0.25, 0.3) is 0 Å². The van der Waals surface area contributed by atoms with Gasteiger partial charge < -0.3 is 14.8 Å². The fraction of sp³-hybridized carbons (Fsp3) is 0.500. The fourth-order valence-electron chi connectivity index (χ4n) is 1.67. The first-order valence-electron chi connectivity index (χ1n) is 6.04. The molecule has 0 aliphatic heterocycles. The fourth-order valence-corrected chi connectivity index (χ4v) is 1.67. The minimum absolute atomic E-state index is 0.269. The van der Waals surface area contributed by atoms with Gasteiger partial charge in [0.2, 0.25) is 0 Å². The Kier molecular flexibility index (Phi) is 5.65. The zero-order valence-corrected chi connectivity index (χ0v) is 11.4. The van der Waals surface area contributed by atoms with Crippen LogP contribution < -0.4 is 5.32 Å². The summed E-state index contributed by atoms with van der Waals surface area (Å²) in [6.07, 6.45) is 0. The molecule has 1 atom stereocenters. The van der Waals surface area contributed by atoms with Crippen LogP contribution in [0.15, 0.2) is 18.2 Å². The van der Waals surface area contributed by atoms with Crippen LogP contribution in [0, 0.1) is 13.8 Å². The summed E-state index contributed by atoms with van der Waals surface area (Å²) in [5.41, 5.74) is 3.23. The Morgan fingerprint density at radius 1 is 1.28 bits per heavy atom. The molecule has 1 rings (SSSR count). The van der Waals surface area contributed by atoms with E-state index in [1.165, 1.54) is 0 Å².